The van der Waals surface area contributed by atoms with Crippen LogP contribution in [0.1, 0.15) is 39.9 Å². The highest BCUT2D eigenvalue weighted by molar-refractivity contribution is 8.00. The van der Waals surface area contributed by atoms with Gasteiger partial charge < -0.3 is 20.0 Å². The Morgan fingerprint density at radius 2 is 1.86 bits per heavy atom. The lowest BCUT2D eigenvalue weighted by atomic mass is 9.96. The smallest absolute Gasteiger partial charge is 0.253 e. The van der Waals surface area contributed by atoms with Crippen molar-refractivity contribution in [2.75, 3.05) is 18.8 Å². The number of nitrogens with two attached hydrogens (primary N) is 1. The van der Waals surface area contributed by atoms with Crippen LogP contribution < -0.4 is 5.73 Å². The van der Waals surface area contributed by atoms with Crippen LogP contribution in [-0.2, 0) is 16.1 Å². The van der Waals surface area contributed by atoms with Gasteiger partial charge in [0.2, 0.25) is 11.8 Å². The Labute approximate surface area is 173 Å². The van der Waals surface area contributed by atoms with E-state index in [0.717, 1.165) is 11.3 Å². The fourth-order valence-electron chi connectivity index (χ4n) is 3.81. The second-order valence-corrected chi connectivity index (χ2v) is 8.42. The molecule has 0 spiro atoms. The molecule has 2 fully saturated rings. The molecule has 8 heteroatoms. The molecular formula is C21H23N3O4S. The highest BCUT2D eigenvalue weighted by Gasteiger charge is 2.33. The van der Waals surface area contributed by atoms with Gasteiger partial charge in [-0.3, -0.25) is 14.4 Å². The van der Waals surface area contributed by atoms with Gasteiger partial charge >= 0.3 is 0 Å². The number of thioether (sulfide) groups is 1. The Morgan fingerprint density at radius 3 is 2.48 bits per heavy atom. The number of nitrogens with zero attached hydrogens (tertiary/aromatic N) is 2. The Morgan fingerprint density at radius 1 is 1.14 bits per heavy atom. The molecule has 1 atom stereocenters. The zero-order valence-corrected chi connectivity index (χ0v) is 16.8. The Bertz CT molecular complexity index is 889. The van der Waals surface area contributed by atoms with Crippen molar-refractivity contribution in [2.24, 2.45) is 11.7 Å². The summed E-state index contributed by atoms with van der Waals surface area (Å²) in [6.07, 6.45) is 2.83. The number of amides is 3. The summed E-state index contributed by atoms with van der Waals surface area (Å²) in [7, 11) is 0. The molecule has 4 rings (SSSR count). The third-order valence-electron chi connectivity index (χ3n) is 5.50. The van der Waals surface area contributed by atoms with Crippen LogP contribution in [0.2, 0.25) is 0 Å². The number of hydrogen-bond acceptors (Lipinski definition) is 5. The minimum Gasteiger partial charge on any atom is -0.467 e. The second kappa shape index (κ2) is 8.32. The van der Waals surface area contributed by atoms with Gasteiger partial charge in [0.15, 0.2) is 0 Å². The van der Waals surface area contributed by atoms with Gasteiger partial charge in [0.25, 0.3) is 5.91 Å². The molecule has 152 valence electrons. The lowest BCUT2D eigenvalue weighted by molar-refractivity contribution is -0.129. The van der Waals surface area contributed by atoms with Crippen molar-refractivity contribution in [3.63, 3.8) is 0 Å². The van der Waals surface area contributed by atoms with Gasteiger partial charge in [0.1, 0.15) is 11.1 Å². The third-order valence-corrected chi connectivity index (χ3v) is 6.76. The van der Waals surface area contributed by atoms with E-state index in [4.69, 9.17) is 10.2 Å². The number of primary amides is 1. The van der Waals surface area contributed by atoms with Gasteiger partial charge in [0, 0.05) is 24.6 Å². The zero-order chi connectivity index (χ0) is 20.4. The van der Waals surface area contributed by atoms with Crippen LogP contribution in [0, 0.1) is 5.92 Å². The fourth-order valence-corrected chi connectivity index (χ4v) is 5.00. The van der Waals surface area contributed by atoms with Crippen molar-refractivity contribution >= 4 is 29.5 Å². The van der Waals surface area contributed by atoms with E-state index in [9.17, 15) is 14.4 Å². The van der Waals surface area contributed by atoms with E-state index < -0.39 is 0 Å². The molecule has 0 aliphatic carbocycles. The van der Waals surface area contributed by atoms with E-state index in [1.165, 1.54) is 0 Å². The molecular weight excluding hydrogens is 390 g/mol. The minimum absolute atomic E-state index is 0.0398. The molecule has 2 aliphatic rings. The highest BCUT2D eigenvalue weighted by Crippen LogP contribution is 2.39. The molecule has 0 radical (unpaired) electrons. The average Bonchev–Trinajstić information content (AvgIpc) is 3.38. The van der Waals surface area contributed by atoms with E-state index in [2.05, 4.69) is 0 Å². The first-order valence-electron chi connectivity index (χ1n) is 9.65. The number of hydrogen-bond donors (Lipinski definition) is 1. The van der Waals surface area contributed by atoms with E-state index in [-0.39, 0.29) is 29.0 Å². The van der Waals surface area contributed by atoms with Crippen LogP contribution >= 0.6 is 11.8 Å². The normalized spacial score (nSPS) is 20.3. The van der Waals surface area contributed by atoms with Gasteiger partial charge in [-0.25, -0.2) is 0 Å². The number of rotatable bonds is 5. The van der Waals surface area contributed by atoms with Gasteiger partial charge in [-0.15, -0.1) is 11.8 Å². The highest BCUT2D eigenvalue weighted by atomic mass is 32.2. The lowest BCUT2D eigenvalue weighted by Crippen LogP contribution is -2.41. The van der Waals surface area contributed by atoms with Gasteiger partial charge in [0.05, 0.1) is 18.6 Å². The standard InChI is InChI=1S/C21H23N3O4S/c22-19(26)14-7-9-23(10-8-14)20(27)15-3-5-16(6-4-15)21-24(18(25)13-29-21)12-17-2-1-11-28-17/h1-6,11,14,21H,7-10,12-13H2,(H2,22,26)/t21-/m1/s1. The van der Waals surface area contributed by atoms with E-state index in [1.807, 2.05) is 36.4 Å². The zero-order valence-electron chi connectivity index (χ0n) is 16.0. The maximum absolute atomic E-state index is 12.8. The lowest BCUT2D eigenvalue weighted by Gasteiger charge is -2.30. The second-order valence-electron chi connectivity index (χ2n) is 7.36. The number of benzene rings is 1. The number of carbonyl (C=O) groups is 3. The van der Waals surface area contributed by atoms with Crippen LogP contribution in [0.4, 0.5) is 0 Å². The first kappa shape index (κ1) is 19.6. The number of likely N-dealkylation sites (tertiary alicyclic amines) is 1. The topological polar surface area (TPSA) is 96.8 Å². The van der Waals surface area contributed by atoms with Crippen LogP contribution in [0.3, 0.4) is 0 Å². The minimum atomic E-state index is -0.288. The quantitative estimate of drug-likeness (QED) is 0.812. The largest absolute Gasteiger partial charge is 0.467 e. The molecule has 0 saturated carbocycles. The van der Waals surface area contributed by atoms with E-state index in [0.29, 0.717) is 43.8 Å². The van der Waals surface area contributed by atoms with Crippen LogP contribution in [0.25, 0.3) is 0 Å². The number of carbonyl (C=O) groups excluding carboxylic acids is 3. The Balaban J connectivity index is 1.43. The summed E-state index contributed by atoms with van der Waals surface area (Å²) in [5.74, 6) is 0.788. The summed E-state index contributed by atoms with van der Waals surface area (Å²) >= 11 is 1.57. The van der Waals surface area contributed by atoms with E-state index in [1.54, 1.807) is 27.8 Å². The summed E-state index contributed by atoms with van der Waals surface area (Å²) in [6, 6.07) is 11.1. The molecule has 0 unspecified atom stereocenters. The van der Waals surface area contributed by atoms with Gasteiger partial charge in [-0.05, 0) is 42.7 Å². The molecule has 2 aromatic rings. The fraction of sp³-hybridized carbons (Fsp3) is 0.381. The molecule has 29 heavy (non-hydrogen) atoms. The van der Waals surface area contributed by atoms with Crippen LogP contribution in [-0.4, -0.2) is 46.4 Å². The summed E-state index contributed by atoms with van der Waals surface area (Å²) in [4.78, 5) is 39.9. The maximum atomic E-state index is 12.8. The molecule has 1 aromatic carbocycles. The molecule has 3 amide bonds. The van der Waals surface area contributed by atoms with Crippen molar-refractivity contribution in [1.29, 1.82) is 0 Å². The molecule has 0 bridgehead atoms. The molecule has 2 N–H and O–H groups in total. The van der Waals surface area contributed by atoms with Crippen molar-refractivity contribution in [3.05, 3.63) is 59.5 Å². The third kappa shape index (κ3) is 4.17. The SMILES string of the molecule is NC(=O)C1CCN(C(=O)c2ccc([C@H]3SCC(=O)N3Cc3ccco3)cc2)CC1. The number of piperidine rings is 1. The van der Waals surface area contributed by atoms with Crippen molar-refractivity contribution in [3.8, 4) is 0 Å². The predicted molar refractivity (Wildman–Crippen MR) is 109 cm³/mol. The summed E-state index contributed by atoms with van der Waals surface area (Å²) < 4.78 is 5.39. The van der Waals surface area contributed by atoms with Crippen LogP contribution in [0.15, 0.2) is 47.1 Å². The molecule has 7 nitrogen and oxygen atoms in total. The Hall–Kier alpha value is -2.74. The predicted octanol–water partition coefficient (Wildman–Crippen LogP) is 2.39. The van der Waals surface area contributed by atoms with Gasteiger partial charge in [-0.1, -0.05) is 12.1 Å². The van der Waals surface area contributed by atoms with Crippen molar-refractivity contribution < 1.29 is 18.8 Å². The van der Waals surface area contributed by atoms with Gasteiger partial charge in [-0.2, -0.15) is 0 Å². The summed E-state index contributed by atoms with van der Waals surface area (Å²) in [5.41, 5.74) is 6.95. The van der Waals surface area contributed by atoms with Crippen molar-refractivity contribution in [1.82, 2.24) is 9.80 Å². The number of furan rings is 1. The van der Waals surface area contributed by atoms with E-state index >= 15 is 0 Å². The monoisotopic (exact) mass is 413 g/mol. The summed E-state index contributed by atoms with van der Waals surface area (Å²) in [5, 5.41) is -0.0944. The Kier molecular flexibility index (Phi) is 5.62. The van der Waals surface area contributed by atoms with Crippen LogP contribution in [0.5, 0.6) is 0 Å². The molecule has 1 aromatic heterocycles. The molecule has 2 aliphatic heterocycles. The maximum Gasteiger partial charge on any atom is 0.253 e. The van der Waals surface area contributed by atoms with Crippen molar-refractivity contribution in [2.45, 2.75) is 24.8 Å². The first-order chi connectivity index (χ1) is 14.0. The average molecular weight is 413 g/mol. The summed E-state index contributed by atoms with van der Waals surface area (Å²) in [6.45, 7) is 1.51. The first-order valence-corrected chi connectivity index (χ1v) is 10.7. The molecule has 3 heterocycles. The molecule has 2 saturated heterocycles.